The van der Waals surface area contributed by atoms with Gasteiger partial charge < -0.3 is 15.4 Å². The van der Waals surface area contributed by atoms with Gasteiger partial charge in [0.15, 0.2) is 6.61 Å². The number of rotatable bonds is 7. The van der Waals surface area contributed by atoms with Gasteiger partial charge in [-0.1, -0.05) is 30.5 Å². The van der Waals surface area contributed by atoms with Crippen LogP contribution in [0.4, 0.5) is 10.5 Å². The first-order valence-corrected chi connectivity index (χ1v) is 10.0. The molecule has 0 atom stereocenters. The summed E-state index contributed by atoms with van der Waals surface area (Å²) < 4.78 is 4.95. The van der Waals surface area contributed by atoms with E-state index >= 15 is 0 Å². The van der Waals surface area contributed by atoms with E-state index in [1.165, 1.54) is 4.90 Å². The third kappa shape index (κ3) is 4.87. The number of hydrogen-bond acceptors (Lipinski definition) is 5. The zero-order valence-corrected chi connectivity index (χ0v) is 17.0. The van der Waals surface area contributed by atoms with Crippen molar-refractivity contribution in [1.29, 1.82) is 0 Å². The van der Waals surface area contributed by atoms with Crippen molar-refractivity contribution in [3.8, 4) is 0 Å². The van der Waals surface area contributed by atoms with Crippen LogP contribution in [-0.2, 0) is 19.1 Å². The van der Waals surface area contributed by atoms with E-state index in [-0.39, 0.29) is 25.3 Å². The number of carbonyl (C=O) groups excluding carboxylic acids is 4. The maximum Gasteiger partial charge on any atom is 0.325 e. The predicted molar refractivity (Wildman–Crippen MR) is 106 cm³/mol. The molecule has 9 heteroatoms. The first kappa shape index (κ1) is 21.1. The average molecular weight is 422 g/mol. The molecule has 2 fully saturated rings. The summed E-state index contributed by atoms with van der Waals surface area (Å²) in [5.41, 5.74) is 0.662. The number of amides is 4. The summed E-state index contributed by atoms with van der Waals surface area (Å²) in [5.74, 6) is -1.25. The van der Waals surface area contributed by atoms with Crippen LogP contribution < -0.4 is 10.6 Å². The van der Waals surface area contributed by atoms with Gasteiger partial charge in [0.2, 0.25) is 0 Å². The fourth-order valence-electron chi connectivity index (χ4n) is 3.66. The van der Waals surface area contributed by atoms with E-state index < -0.39 is 30.1 Å². The second kappa shape index (κ2) is 8.82. The molecule has 1 spiro atoms. The normalized spacial score (nSPS) is 17.5. The zero-order valence-electron chi connectivity index (χ0n) is 16.3. The summed E-state index contributed by atoms with van der Waals surface area (Å²) in [5, 5.41) is 5.92. The van der Waals surface area contributed by atoms with Crippen molar-refractivity contribution in [2.24, 2.45) is 0 Å². The number of urea groups is 1. The minimum absolute atomic E-state index is 0.00764. The Labute approximate surface area is 173 Å². The number of carbonyl (C=O) groups is 4. The molecule has 0 bridgehead atoms. The molecule has 4 amide bonds. The number of ether oxygens (including phenoxy) is 1. The highest BCUT2D eigenvalue weighted by atomic mass is 35.5. The Hall–Kier alpha value is -2.61. The first-order chi connectivity index (χ1) is 13.8. The Morgan fingerprint density at radius 3 is 2.69 bits per heavy atom. The Kier molecular flexibility index (Phi) is 6.42. The highest BCUT2D eigenvalue weighted by Crippen LogP contribution is 2.35. The number of halogens is 1. The molecule has 1 aromatic carbocycles. The standard InChI is InChI=1S/C20H24ClN3O5/c1-13-6-7-14(11-15(13)21)22-16(25)12-29-17(26)5-4-10-24-18(27)20(23-19(24)28)8-2-3-9-20/h6-7,11H,2-5,8-10,12H2,1H3,(H,22,25)(H,23,28). The third-order valence-electron chi connectivity index (χ3n) is 5.29. The minimum Gasteiger partial charge on any atom is -0.456 e. The van der Waals surface area contributed by atoms with Crippen LogP contribution in [0, 0.1) is 6.92 Å². The second-order valence-corrected chi connectivity index (χ2v) is 7.86. The van der Waals surface area contributed by atoms with Crippen molar-refractivity contribution in [1.82, 2.24) is 10.2 Å². The van der Waals surface area contributed by atoms with E-state index in [0.29, 0.717) is 23.6 Å². The molecule has 2 N–H and O–H groups in total. The van der Waals surface area contributed by atoms with E-state index in [9.17, 15) is 19.2 Å². The van der Waals surface area contributed by atoms with E-state index in [2.05, 4.69) is 10.6 Å². The molecule has 1 aliphatic carbocycles. The highest BCUT2D eigenvalue weighted by molar-refractivity contribution is 6.31. The van der Waals surface area contributed by atoms with Crippen molar-refractivity contribution >= 4 is 41.1 Å². The summed E-state index contributed by atoms with van der Waals surface area (Å²) >= 11 is 6.00. The highest BCUT2D eigenvalue weighted by Gasteiger charge is 2.52. The second-order valence-electron chi connectivity index (χ2n) is 7.45. The summed E-state index contributed by atoms with van der Waals surface area (Å²) in [6.07, 6.45) is 3.46. The monoisotopic (exact) mass is 421 g/mol. The number of aryl methyl sites for hydroxylation is 1. The quantitative estimate of drug-likeness (QED) is 0.520. The van der Waals surface area contributed by atoms with Crippen LogP contribution in [0.3, 0.4) is 0 Å². The SMILES string of the molecule is Cc1ccc(NC(=O)COC(=O)CCCN2C(=O)NC3(CCCC3)C2=O)cc1Cl. The lowest BCUT2D eigenvalue weighted by Crippen LogP contribution is -2.44. The van der Waals surface area contributed by atoms with Crippen LogP contribution in [0.2, 0.25) is 5.02 Å². The number of benzene rings is 1. The third-order valence-corrected chi connectivity index (χ3v) is 5.69. The largest absolute Gasteiger partial charge is 0.456 e. The maximum absolute atomic E-state index is 12.5. The molecule has 2 aliphatic rings. The smallest absolute Gasteiger partial charge is 0.325 e. The number of hydrogen-bond donors (Lipinski definition) is 2. The minimum atomic E-state index is -0.742. The molecule has 1 saturated carbocycles. The molecule has 1 heterocycles. The summed E-state index contributed by atoms with van der Waals surface area (Å²) in [4.78, 5) is 49.5. The van der Waals surface area contributed by atoms with Gasteiger partial charge in [-0.25, -0.2) is 4.79 Å². The summed E-state index contributed by atoms with van der Waals surface area (Å²) in [7, 11) is 0. The van der Waals surface area contributed by atoms with Crippen LogP contribution in [0.1, 0.15) is 44.1 Å². The molecule has 29 heavy (non-hydrogen) atoms. The lowest BCUT2D eigenvalue weighted by atomic mass is 9.98. The van der Waals surface area contributed by atoms with Gasteiger partial charge in [0.1, 0.15) is 5.54 Å². The van der Waals surface area contributed by atoms with Crippen molar-refractivity contribution in [3.05, 3.63) is 28.8 Å². The van der Waals surface area contributed by atoms with Crippen LogP contribution in [0.5, 0.6) is 0 Å². The van der Waals surface area contributed by atoms with Crippen molar-refractivity contribution in [2.45, 2.75) is 51.0 Å². The van der Waals surface area contributed by atoms with Crippen molar-refractivity contribution < 1.29 is 23.9 Å². The zero-order chi connectivity index (χ0) is 21.0. The van der Waals surface area contributed by atoms with Crippen LogP contribution in [0.25, 0.3) is 0 Å². The van der Waals surface area contributed by atoms with Gasteiger partial charge in [-0.15, -0.1) is 0 Å². The number of imide groups is 1. The molecule has 1 saturated heterocycles. The number of nitrogens with one attached hydrogen (secondary N) is 2. The van der Waals surface area contributed by atoms with Gasteiger partial charge in [-0.05, 0) is 43.9 Å². The van der Waals surface area contributed by atoms with Crippen molar-refractivity contribution in [2.75, 3.05) is 18.5 Å². The van der Waals surface area contributed by atoms with Gasteiger partial charge >= 0.3 is 12.0 Å². The predicted octanol–water partition coefficient (Wildman–Crippen LogP) is 2.77. The van der Waals surface area contributed by atoms with E-state index in [0.717, 1.165) is 18.4 Å². The molecule has 0 radical (unpaired) electrons. The average Bonchev–Trinajstić information content (AvgIpc) is 3.23. The molecule has 0 unspecified atom stereocenters. The molecule has 1 aliphatic heterocycles. The van der Waals surface area contributed by atoms with Gasteiger partial charge in [-0.2, -0.15) is 0 Å². The van der Waals surface area contributed by atoms with Crippen LogP contribution >= 0.6 is 11.6 Å². The summed E-state index contributed by atoms with van der Waals surface area (Å²) in [6.45, 7) is 1.58. The lowest BCUT2D eigenvalue weighted by Gasteiger charge is -2.19. The molecule has 8 nitrogen and oxygen atoms in total. The number of nitrogens with zero attached hydrogens (tertiary/aromatic N) is 1. The Bertz CT molecular complexity index is 835. The van der Waals surface area contributed by atoms with Gasteiger partial charge in [-0.3, -0.25) is 19.3 Å². The Balaban J connectivity index is 1.38. The number of anilines is 1. The molecule has 1 aromatic rings. The van der Waals surface area contributed by atoms with Gasteiger partial charge in [0.25, 0.3) is 11.8 Å². The molecule has 0 aromatic heterocycles. The number of esters is 1. The molecule has 156 valence electrons. The van der Waals surface area contributed by atoms with Gasteiger partial charge in [0.05, 0.1) is 0 Å². The summed E-state index contributed by atoms with van der Waals surface area (Å²) in [6, 6.07) is 4.69. The fourth-order valence-corrected chi connectivity index (χ4v) is 3.84. The van der Waals surface area contributed by atoms with Crippen LogP contribution in [0.15, 0.2) is 18.2 Å². The van der Waals surface area contributed by atoms with Crippen LogP contribution in [-0.4, -0.2) is 47.4 Å². The van der Waals surface area contributed by atoms with Gasteiger partial charge in [0, 0.05) is 23.7 Å². The molecular weight excluding hydrogens is 398 g/mol. The topological polar surface area (TPSA) is 105 Å². The van der Waals surface area contributed by atoms with E-state index in [4.69, 9.17) is 16.3 Å². The lowest BCUT2D eigenvalue weighted by molar-refractivity contribution is -0.147. The maximum atomic E-state index is 12.5. The molecular formula is C20H24ClN3O5. The Morgan fingerprint density at radius 2 is 2.00 bits per heavy atom. The van der Waals surface area contributed by atoms with E-state index in [1.807, 2.05) is 6.92 Å². The fraction of sp³-hybridized carbons (Fsp3) is 0.500. The molecule has 3 rings (SSSR count). The first-order valence-electron chi connectivity index (χ1n) is 9.66. The van der Waals surface area contributed by atoms with Crippen molar-refractivity contribution in [3.63, 3.8) is 0 Å². The van der Waals surface area contributed by atoms with E-state index in [1.54, 1.807) is 18.2 Å². The Morgan fingerprint density at radius 1 is 1.28 bits per heavy atom.